The Balaban J connectivity index is 1.42. The summed E-state index contributed by atoms with van der Waals surface area (Å²) < 4.78 is 11.4. The minimum absolute atomic E-state index is 0.151. The fraction of sp³-hybridized carbons (Fsp3) is 0.609. The van der Waals surface area contributed by atoms with Crippen LogP contribution in [0, 0.1) is 11.3 Å². The van der Waals surface area contributed by atoms with Crippen molar-refractivity contribution >= 4 is 11.5 Å². The van der Waals surface area contributed by atoms with Crippen molar-refractivity contribution in [3.63, 3.8) is 0 Å². The van der Waals surface area contributed by atoms with Gasteiger partial charge in [0.05, 0.1) is 13.2 Å². The lowest BCUT2D eigenvalue weighted by atomic mass is 9.55. The van der Waals surface area contributed by atoms with Crippen molar-refractivity contribution in [2.75, 3.05) is 33.9 Å². The van der Waals surface area contributed by atoms with Crippen molar-refractivity contribution < 1.29 is 9.47 Å². The van der Waals surface area contributed by atoms with Gasteiger partial charge in [0.1, 0.15) is 5.75 Å². The summed E-state index contributed by atoms with van der Waals surface area (Å²) in [4.78, 5) is 6.96. The van der Waals surface area contributed by atoms with E-state index >= 15 is 0 Å². The zero-order valence-electron chi connectivity index (χ0n) is 17.6. The highest BCUT2D eigenvalue weighted by Gasteiger charge is 2.58. The van der Waals surface area contributed by atoms with Crippen molar-refractivity contribution in [2.45, 2.75) is 45.3 Å². The van der Waals surface area contributed by atoms with Gasteiger partial charge in [0.15, 0.2) is 5.96 Å². The highest BCUT2D eigenvalue weighted by Crippen LogP contribution is 2.51. The third-order valence-electron chi connectivity index (χ3n) is 6.78. The van der Waals surface area contributed by atoms with E-state index in [-0.39, 0.29) is 5.41 Å². The molecule has 1 saturated carbocycles. The van der Waals surface area contributed by atoms with Crippen molar-refractivity contribution in [1.82, 2.24) is 10.2 Å². The molecule has 4 rings (SSSR count). The Morgan fingerprint density at radius 1 is 1.36 bits per heavy atom. The molecule has 0 spiro atoms. The second-order valence-electron chi connectivity index (χ2n) is 8.75. The van der Waals surface area contributed by atoms with Crippen LogP contribution in [0.2, 0.25) is 0 Å². The number of ether oxygens (including phenoxy) is 2. The Morgan fingerprint density at radius 3 is 2.93 bits per heavy atom. The quantitative estimate of drug-likeness (QED) is 0.640. The largest absolute Gasteiger partial charge is 0.497 e. The average molecular weight is 384 g/mol. The van der Waals surface area contributed by atoms with E-state index in [0.717, 1.165) is 37.8 Å². The second kappa shape index (κ2) is 7.78. The van der Waals surface area contributed by atoms with Gasteiger partial charge in [0.2, 0.25) is 0 Å². The molecule has 0 amide bonds. The van der Waals surface area contributed by atoms with E-state index < -0.39 is 0 Å². The number of nitrogens with one attached hydrogen (secondary N) is 1. The van der Waals surface area contributed by atoms with E-state index in [1.54, 1.807) is 7.11 Å². The molecule has 0 radical (unpaired) electrons. The Kier molecular flexibility index (Phi) is 5.37. The van der Waals surface area contributed by atoms with Gasteiger partial charge in [-0.05, 0) is 42.5 Å². The number of guanidine groups is 1. The fourth-order valence-electron chi connectivity index (χ4n) is 5.20. The maximum atomic E-state index is 6.05. The van der Waals surface area contributed by atoms with E-state index in [1.165, 1.54) is 24.0 Å². The zero-order valence-corrected chi connectivity index (χ0v) is 17.6. The van der Waals surface area contributed by atoms with Crippen LogP contribution in [0.25, 0.3) is 5.57 Å². The van der Waals surface area contributed by atoms with Gasteiger partial charge in [0.25, 0.3) is 0 Å². The molecule has 5 heteroatoms. The molecular weight excluding hydrogens is 350 g/mol. The molecule has 1 N–H and O–H groups in total. The van der Waals surface area contributed by atoms with Crippen LogP contribution in [0.1, 0.15) is 38.7 Å². The summed E-state index contributed by atoms with van der Waals surface area (Å²) in [6.07, 6.45) is 6.14. The summed E-state index contributed by atoms with van der Waals surface area (Å²) in [5, 5.41) is 3.78. The number of hydrogen-bond acceptors (Lipinski definition) is 3. The van der Waals surface area contributed by atoms with Crippen molar-refractivity contribution in [3.8, 4) is 5.75 Å². The first-order valence-electron chi connectivity index (χ1n) is 10.5. The first kappa shape index (κ1) is 19.3. The normalized spacial score (nSPS) is 29.4. The molecule has 1 aromatic carbocycles. The molecule has 3 unspecified atom stereocenters. The number of nitrogens with zero attached hydrogens (tertiary/aromatic N) is 2. The fourth-order valence-corrected chi connectivity index (χ4v) is 5.20. The van der Waals surface area contributed by atoms with Crippen LogP contribution in [0.4, 0.5) is 0 Å². The van der Waals surface area contributed by atoms with Crippen molar-refractivity contribution in [1.29, 1.82) is 0 Å². The Morgan fingerprint density at radius 2 is 2.21 bits per heavy atom. The predicted octanol–water partition coefficient (Wildman–Crippen LogP) is 3.56. The van der Waals surface area contributed by atoms with E-state index in [4.69, 9.17) is 9.47 Å². The highest BCUT2D eigenvalue weighted by molar-refractivity contribution is 5.82. The number of aliphatic imine (C=N–C) groups is 1. The van der Waals surface area contributed by atoms with Crippen LogP contribution in [0.3, 0.4) is 0 Å². The first-order valence-corrected chi connectivity index (χ1v) is 10.5. The predicted molar refractivity (Wildman–Crippen MR) is 114 cm³/mol. The molecule has 0 aromatic heterocycles. The lowest BCUT2D eigenvalue weighted by Crippen LogP contribution is -2.71. The number of benzene rings is 1. The van der Waals surface area contributed by atoms with Gasteiger partial charge in [-0.2, -0.15) is 0 Å². The first-order chi connectivity index (χ1) is 13.5. The minimum atomic E-state index is 0.151. The third-order valence-corrected chi connectivity index (χ3v) is 6.78. The van der Waals surface area contributed by atoms with E-state index in [2.05, 4.69) is 53.3 Å². The van der Waals surface area contributed by atoms with Crippen LogP contribution in [0.5, 0.6) is 5.75 Å². The van der Waals surface area contributed by atoms with E-state index in [1.807, 2.05) is 13.1 Å². The van der Waals surface area contributed by atoms with Crippen LogP contribution in [0.15, 0.2) is 35.3 Å². The smallest absolute Gasteiger partial charge is 0.194 e. The Hall–Kier alpha value is -2.01. The third kappa shape index (κ3) is 3.41. The Bertz CT molecular complexity index is 771. The molecule has 1 aliphatic carbocycles. The van der Waals surface area contributed by atoms with Gasteiger partial charge in [-0.3, -0.25) is 4.99 Å². The zero-order chi connectivity index (χ0) is 19.7. The molecule has 1 saturated heterocycles. The van der Waals surface area contributed by atoms with Gasteiger partial charge < -0.3 is 19.7 Å². The maximum absolute atomic E-state index is 6.05. The van der Waals surface area contributed by atoms with Crippen LogP contribution >= 0.6 is 0 Å². The van der Waals surface area contributed by atoms with Crippen LogP contribution in [-0.2, 0) is 4.74 Å². The van der Waals surface area contributed by atoms with Gasteiger partial charge in [-0.1, -0.05) is 32.1 Å². The molecule has 28 heavy (non-hydrogen) atoms. The molecule has 1 aromatic rings. The highest BCUT2D eigenvalue weighted by atomic mass is 16.5. The van der Waals surface area contributed by atoms with Gasteiger partial charge >= 0.3 is 0 Å². The maximum Gasteiger partial charge on any atom is 0.194 e. The topological polar surface area (TPSA) is 46.1 Å². The molecule has 3 aliphatic rings. The summed E-state index contributed by atoms with van der Waals surface area (Å²) in [6.45, 7) is 7.41. The monoisotopic (exact) mass is 383 g/mol. The number of hydrogen-bond donors (Lipinski definition) is 1. The molecular formula is C23H33N3O2. The summed E-state index contributed by atoms with van der Waals surface area (Å²) >= 11 is 0. The molecule has 152 valence electrons. The van der Waals surface area contributed by atoms with Crippen molar-refractivity contribution in [3.05, 3.63) is 35.9 Å². The van der Waals surface area contributed by atoms with Gasteiger partial charge in [-0.15, -0.1) is 0 Å². The number of methoxy groups -OCH3 is 1. The van der Waals surface area contributed by atoms with Crippen LogP contribution in [-0.4, -0.2) is 56.9 Å². The lowest BCUT2D eigenvalue weighted by Gasteiger charge is -2.60. The molecule has 0 bridgehead atoms. The molecule has 5 nitrogen and oxygen atoms in total. The SMILES string of the molecule is CN=C(NC1C2CCCOC2C1(C)C)N1CC=C(c2cccc(OC)c2)CC1. The lowest BCUT2D eigenvalue weighted by molar-refractivity contribution is -0.188. The summed E-state index contributed by atoms with van der Waals surface area (Å²) in [5.41, 5.74) is 2.79. The standard InChI is InChI=1S/C23H33N3O2/c1-23(2)20(19-9-6-14-28-21(19)23)25-22(24-3)26-12-10-16(11-13-26)17-7-5-8-18(15-17)27-4/h5,7-8,10,15,19-21H,6,9,11-14H2,1-4H3,(H,24,25). The number of rotatable bonds is 3. The van der Waals surface area contributed by atoms with E-state index in [9.17, 15) is 0 Å². The Labute approximate surface area is 168 Å². The van der Waals surface area contributed by atoms with Crippen LogP contribution < -0.4 is 10.1 Å². The van der Waals surface area contributed by atoms with Gasteiger partial charge in [0, 0.05) is 44.1 Å². The molecule has 2 fully saturated rings. The minimum Gasteiger partial charge on any atom is -0.497 e. The summed E-state index contributed by atoms with van der Waals surface area (Å²) in [7, 11) is 3.61. The average Bonchev–Trinajstić information content (AvgIpc) is 2.74. The van der Waals surface area contributed by atoms with E-state index in [0.29, 0.717) is 18.1 Å². The van der Waals surface area contributed by atoms with Crippen molar-refractivity contribution in [2.24, 2.45) is 16.3 Å². The second-order valence-corrected chi connectivity index (χ2v) is 8.75. The summed E-state index contributed by atoms with van der Waals surface area (Å²) in [6, 6.07) is 8.77. The molecule has 3 atom stereocenters. The number of fused-ring (bicyclic) bond motifs is 1. The summed E-state index contributed by atoms with van der Waals surface area (Å²) in [5.74, 6) is 2.53. The molecule has 2 heterocycles. The van der Waals surface area contributed by atoms with Gasteiger partial charge in [-0.25, -0.2) is 0 Å². The molecule has 2 aliphatic heterocycles.